The summed E-state index contributed by atoms with van der Waals surface area (Å²) in [7, 11) is 1.51. The van der Waals surface area contributed by atoms with Gasteiger partial charge >= 0.3 is 0 Å². The number of carbonyl (C=O) groups is 1. The fraction of sp³-hybridized carbons (Fsp3) is 0.100. The van der Waals surface area contributed by atoms with Crippen molar-refractivity contribution in [2.45, 2.75) is 0 Å². The van der Waals surface area contributed by atoms with E-state index in [1.54, 1.807) is 18.2 Å². The Morgan fingerprint density at radius 2 is 2.31 bits per heavy atom. The van der Waals surface area contributed by atoms with Gasteiger partial charge in [0, 0.05) is 5.56 Å². The fourth-order valence-corrected chi connectivity index (χ4v) is 1.05. The van der Waals surface area contributed by atoms with E-state index in [0.29, 0.717) is 17.0 Å². The van der Waals surface area contributed by atoms with Gasteiger partial charge in [0.15, 0.2) is 5.78 Å². The maximum Gasteiger partial charge on any atom is 0.187 e. The van der Waals surface area contributed by atoms with Crippen LogP contribution in [-0.4, -0.2) is 12.9 Å². The van der Waals surface area contributed by atoms with Crippen LogP contribution in [0.5, 0.6) is 5.75 Å². The lowest BCUT2D eigenvalue weighted by atomic mass is 10.1. The minimum Gasteiger partial charge on any atom is -0.495 e. The molecule has 0 atom stereocenters. The van der Waals surface area contributed by atoms with Gasteiger partial charge in [-0.1, -0.05) is 12.6 Å². The number of carbonyl (C=O) groups excluding carboxylic acids is 1. The van der Waals surface area contributed by atoms with Crippen molar-refractivity contribution in [3.05, 3.63) is 36.4 Å². The maximum atomic E-state index is 11.2. The number of anilines is 1. The van der Waals surface area contributed by atoms with Crippen molar-refractivity contribution in [1.82, 2.24) is 0 Å². The molecule has 13 heavy (non-hydrogen) atoms. The first-order valence-corrected chi connectivity index (χ1v) is 3.80. The molecule has 0 amide bonds. The number of para-hydroxylation sites is 1. The molecule has 0 bridgehead atoms. The predicted molar refractivity (Wildman–Crippen MR) is 51.9 cm³/mol. The smallest absolute Gasteiger partial charge is 0.187 e. The van der Waals surface area contributed by atoms with Gasteiger partial charge in [-0.25, -0.2) is 0 Å². The molecule has 0 aliphatic rings. The van der Waals surface area contributed by atoms with Gasteiger partial charge in [0.1, 0.15) is 5.75 Å². The molecule has 3 nitrogen and oxygen atoms in total. The molecule has 0 saturated heterocycles. The van der Waals surface area contributed by atoms with Crippen LogP contribution in [0.25, 0.3) is 0 Å². The Morgan fingerprint density at radius 1 is 1.62 bits per heavy atom. The zero-order valence-electron chi connectivity index (χ0n) is 7.41. The molecule has 1 aromatic carbocycles. The highest BCUT2D eigenvalue weighted by Crippen LogP contribution is 2.24. The number of benzene rings is 1. The van der Waals surface area contributed by atoms with Crippen molar-refractivity contribution in [1.29, 1.82) is 0 Å². The van der Waals surface area contributed by atoms with Crippen LogP contribution < -0.4 is 10.5 Å². The number of nitrogen functional groups attached to an aromatic ring is 1. The van der Waals surface area contributed by atoms with Crippen LogP contribution in [0.3, 0.4) is 0 Å². The van der Waals surface area contributed by atoms with Gasteiger partial charge in [-0.15, -0.1) is 0 Å². The molecule has 0 spiro atoms. The summed E-state index contributed by atoms with van der Waals surface area (Å²) in [5.74, 6) is 0.309. The molecule has 0 fully saturated rings. The van der Waals surface area contributed by atoms with Crippen LogP contribution in [-0.2, 0) is 0 Å². The van der Waals surface area contributed by atoms with Gasteiger partial charge in [-0.3, -0.25) is 4.79 Å². The van der Waals surface area contributed by atoms with Gasteiger partial charge in [0.25, 0.3) is 0 Å². The monoisotopic (exact) mass is 177 g/mol. The first kappa shape index (κ1) is 9.32. The first-order chi connectivity index (χ1) is 6.20. The maximum absolute atomic E-state index is 11.2. The molecule has 68 valence electrons. The second-order valence-electron chi connectivity index (χ2n) is 2.49. The lowest BCUT2D eigenvalue weighted by Gasteiger charge is -2.06. The number of ketones is 1. The van der Waals surface area contributed by atoms with Crippen LogP contribution in [0.2, 0.25) is 0 Å². The van der Waals surface area contributed by atoms with Gasteiger partial charge in [-0.2, -0.15) is 0 Å². The average Bonchev–Trinajstić information content (AvgIpc) is 2.17. The van der Waals surface area contributed by atoms with Crippen molar-refractivity contribution in [3.63, 3.8) is 0 Å². The number of ether oxygens (including phenoxy) is 1. The Hall–Kier alpha value is -1.77. The van der Waals surface area contributed by atoms with Crippen LogP contribution in [0.1, 0.15) is 10.4 Å². The molecule has 1 rings (SSSR count). The first-order valence-electron chi connectivity index (χ1n) is 3.80. The molecular formula is C10H11NO2. The summed E-state index contributed by atoms with van der Waals surface area (Å²) in [6.07, 6.45) is 1.23. The lowest BCUT2D eigenvalue weighted by molar-refractivity contribution is 0.104. The minimum absolute atomic E-state index is 0.198. The highest BCUT2D eigenvalue weighted by atomic mass is 16.5. The topological polar surface area (TPSA) is 52.3 Å². The van der Waals surface area contributed by atoms with E-state index < -0.39 is 0 Å². The van der Waals surface area contributed by atoms with Gasteiger partial charge < -0.3 is 10.5 Å². The van der Waals surface area contributed by atoms with Gasteiger partial charge in [-0.05, 0) is 18.2 Å². The normalized spacial score (nSPS) is 9.31. The van der Waals surface area contributed by atoms with Crippen LogP contribution >= 0.6 is 0 Å². The number of allylic oxidation sites excluding steroid dienone is 1. The van der Waals surface area contributed by atoms with E-state index in [4.69, 9.17) is 10.5 Å². The van der Waals surface area contributed by atoms with E-state index in [1.807, 2.05) is 0 Å². The van der Waals surface area contributed by atoms with Crippen LogP contribution in [0, 0.1) is 0 Å². The highest BCUT2D eigenvalue weighted by Gasteiger charge is 2.09. The Bertz CT molecular complexity index is 345. The summed E-state index contributed by atoms with van der Waals surface area (Å²) in [6.45, 7) is 3.39. The van der Waals surface area contributed by atoms with E-state index in [2.05, 4.69) is 6.58 Å². The minimum atomic E-state index is -0.198. The third kappa shape index (κ3) is 1.69. The number of hydrogen-bond donors (Lipinski definition) is 1. The average molecular weight is 177 g/mol. The van der Waals surface area contributed by atoms with Crippen molar-refractivity contribution in [2.24, 2.45) is 0 Å². The van der Waals surface area contributed by atoms with Crippen molar-refractivity contribution < 1.29 is 9.53 Å². The van der Waals surface area contributed by atoms with Crippen LogP contribution in [0.15, 0.2) is 30.9 Å². The summed E-state index contributed by atoms with van der Waals surface area (Å²) >= 11 is 0. The fourth-order valence-electron chi connectivity index (χ4n) is 1.05. The summed E-state index contributed by atoms with van der Waals surface area (Å²) in [4.78, 5) is 11.2. The van der Waals surface area contributed by atoms with E-state index in [9.17, 15) is 4.79 Å². The summed E-state index contributed by atoms with van der Waals surface area (Å²) < 4.78 is 4.97. The van der Waals surface area contributed by atoms with E-state index in [-0.39, 0.29) is 5.78 Å². The van der Waals surface area contributed by atoms with Gasteiger partial charge in [0.05, 0.1) is 12.8 Å². The van der Waals surface area contributed by atoms with Crippen LogP contribution in [0.4, 0.5) is 5.69 Å². The number of methoxy groups -OCH3 is 1. The zero-order valence-corrected chi connectivity index (χ0v) is 7.41. The standard InChI is InChI=1S/C10H11NO2/c1-3-8(12)7-5-4-6-9(13-2)10(7)11/h3-6H,1,11H2,2H3. The Morgan fingerprint density at radius 3 is 2.85 bits per heavy atom. The molecule has 1 aromatic rings. The molecule has 2 N–H and O–H groups in total. The van der Waals surface area contributed by atoms with Crippen molar-refractivity contribution >= 4 is 11.5 Å². The Labute approximate surface area is 76.8 Å². The molecule has 0 aliphatic heterocycles. The molecule has 0 unspecified atom stereocenters. The van der Waals surface area contributed by atoms with Crippen molar-refractivity contribution in [2.75, 3.05) is 12.8 Å². The number of hydrogen-bond acceptors (Lipinski definition) is 3. The summed E-state index contributed by atoms with van der Waals surface area (Å²) in [5, 5.41) is 0. The number of rotatable bonds is 3. The molecule has 0 aromatic heterocycles. The predicted octanol–water partition coefficient (Wildman–Crippen LogP) is 1.65. The largest absolute Gasteiger partial charge is 0.495 e. The summed E-state index contributed by atoms with van der Waals surface area (Å²) in [6, 6.07) is 5.06. The van der Waals surface area contributed by atoms with Gasteiger partial charge in [0.2, 0.25) is 0 Å². The third-order valence-electron chi connectivity index (χ3n) is 1.74. The second kappa shape index (κ2) is 3.76. The molecule has 3 heteroatoms. The molecule has 0 saturated carbocycles. The molecule has 0 heterocycles. The Balaban J connectivity index is 3.22. The zero-order chi connectivity index (χ0) is 9.84. The Kier molecular flexibility index (Phi) is 2.69. The molecule has 0 radical (unpaired) electrons. The quantitative estimate of drug-likeness (QED) is 0.434. The second-order valence-corrected chi connectivity index (χ2v) is 2.49. The summed E-state index contributed by atoms with van der Waals surface area (Å²) in [5.41, 5.74) is 6.46. The molecular weight excluding hydrogens is 166 g/mol. The van der Waals surface area contributed by atoms with E-state index in [0.717, 1.165) is 0 Å². The van der Waals surface area contributed by atoms with Crippen molar-refractivity contribution in [3.8, 4) is 5.75 Å². The number of nitrogens with two attached hydrogens (primary N) is 1. The SMILES string of the molecule is C=CC(=O)c1cccc(OC)c1N. The molecule has 0 aliphatic carbocycles. The third-order valence-corrected chi connectivity index (χ3v) is 1.74. The lowest BCUT2D eigenvalue weighted by Crippen LogP contribution is -2.02. The highest BCUT2D eigenvalue weighted by molar-refractivity contribution is 6.08. The van der Waals surface area contributed by atoms with E-state index >= 15 is 0 Å². The van der Waals surface area contributed by atoms with E-state index in [1.165, 1.54) is 13.2 Å².